The zero-order valence-corrected chi connectivity index (χ0v) is 24.2. The van der Waals surface area contributed by atoms with E-state index in [-0.39, 0.29) is 18.0 Å². The summed E-state index contributed by atoms with van der Waals surface area (Å²) in [4.78, 5) is 39.4. The van der Waals surface area contributed by atoms with Gasteiger partial charge in [-0.2, -0.15) is 0 Å². The average molecular weight is 576 g/mol. The number of likely N-dealkylation sites (tertiary alicyclic amines) is 1. The number of nitrogens with two attached hydrogens (primary N) is 1. The van der Waals surface area contributed by atoms with Crippen LogP contribution in [-0.4, -0.2) is 104 Å². The van der Waals surface area contributed by atoms with Crippen LogP contribution in [0.5, 0.6) is 0 Å². The Morgan fingerprint density at radius 1 is 0.878 bits per heavy atom. The molecule has 0 aliphatic carbocycles. The smallest absolute Gasteiger partial charge is 0.329 e. The first kappa shape index (κ1) is 31.3. The fourth-order valence-electron chi connectivity index (χ4n) is 5.45. The molecule has 3 heterocycles. The van der Waals surface area contributed by atoms with Gasteiger partial charge in [0, 0.05) is 32.7 Å². The summed E-state index contributed by atoms with van der Waals surface area (Å²) in [5.41, 5.74) is 8.20. The number of piperidine rings is 2. The summed E-state index contributed by atoms with van der Waals surface area (Å²) in [5.74, 6) is -0.729. The monoisotopic (exact) mass is 575 g/mol. The van der Waals surface area contributed by atoms with Crippen molar-refractivity contribution in [3.8, 4) is 0 Å². The Balaban J connectivity index is 1.05. The predicted molar refractivity (Wildman–Crippen MR) is 154 cm³/mol. The second-order valence-electron chi connectivity index (χ2n) is 10.7. The first-order valence-corrected chi connectivity index (χ1v) is 14.8. The second kappa shape index (κ2) is 16.1. The number of carbonyl (C=O) groups is 2. The molecule has 2 aliphatic heterocycles. The third kappa shape index (κ3) is 8.94. The number of imide groups is 1. The number of amides is 2. The molecule has 3 N–H and O–H groups in total. The van der Waals surface area contributed by atoms with Gasteiger partial charge in [0.15, 0.2) is 0 Å². The van der Waals surface area contributed by atoms with Gasteiger partial charge in [0.1, 0.15) is 6.04 Å². The summed E-state index contributed by atoms with van der Waals surface area (Å²) in [5, 5.41) is 2.35. The van der Waals surface area contributed by atoms with E-state index in [0.29, 0.717) is 64.2 Å². The van der Waals surface area contributed by atoms with E-state index in [1.165, 1.54) is 4.57 Å². The highest BCUT2D eigenvalue weighted by molar-refractivity contribution is 6.00. The van der Waals surface area contributed by atoms with Gasteiger partial charge < -0.3 is 29.6 Å². The molecule has 1 aromatic carbocycles. The molecule has 228 valence electrons. The van der Waals surface area contributed by atoms with Gasteiger partial charge in [-0.05, 0) is 56.8 Å². The van der Waals surface area contributed by atoms with E-state index >= 15 is 0 Å². The third-order valence-electron chi connectivity index (χ3n) is 7.74. The molecule has 0 bridgehead atoms. The van der Waals surface area contributed by atoms with E-state index < -0.39 is 11.9 Å². The topological polar surface area (TPSA) is 139 Å². The highest BCUT2D eigenvalue weighted by Crippen LogP contribution is 2.25. The Labute approximate surface area is 241 Å². The van der Waals surface area contributed by atoms with Crippen molar-refractivity contribution in [2.75, 3.05) is 72.5 Å². The normalized spacial score (nSPS) is 18.8. The third-order valence-corrected chi connectivity index (χ3v) is 7.74. The maximum absolute atomic E-state index is 13.0. The zero-order chi connectivity index (χ0) is 29.0. The lowest BCUT2D eigenvalue weighted by Gasteiger charge is -2.29. The van der Waals surface area contributed by atoms with Gasteiger partial charge in [-0.25, -0.2) is 4.79 Å². The Morgan fingerprint density at radius 2 is 1.51 bits per heavy atom. The van der Waals surface area contributed by atoms with Crippen molar-refractivity contribution in [2.45, 2.75) is 50.6 Å². The number of carbonyl (C=O) groups excluding carboxylic acids is 2. The van der Waals surface area contributed by atoms with Crippen molar-refractivity contribution in [3.05, 3.63) is 34.2 Å². The molecule has 0 saturated carbocycles. The van der Waals surface area contributed by atoms with Gasteiger partial charge in [-0.3, -0.25) is 24.0 Å². The number of ether oxygens (including phenoxy) is 4. The SMILES string of the molecule is Cn1c(=O)n(C2CCC(=O)NC2=O)c2cccc(CCCOCCOCCOCCOCCN3CCC(N)CC3)c21. The van der Waals surface area contributed by atoms with Crippen LogP contribution >= 0.6 is 0 Å². The van der Waals surface area contributed by atoms with Crippen LogP contribution in [0, 0.1) is 0 Å². The Morgan fingerprint density at radius 3 is 2.17 bits per heavy atom. The van der Waals surface area contributed by atoms with E-state index in [4.69, 9.17) is 24.7 Å². The van der Waals surface area contributed by atoms with Gasteiger partial charge in [0.25, 0.3) is 0 Å². The summed E-state index contributed by atoms with van der Waals surface area (Å²) in [7, 11) is 1.72. The number of nitrogens with zero attached hydrogens (tertiary/aromatic N) is 3. The van der Waals surface area contributed by atoms with Gasteiger partial charge >= 0.3 is 5.69 Å². The largest absolute Gasteiger partial charge is 0.379 e. The molecular formula is C29H45N5O7. The van der Waals surface area contributed by atoms with Crippen LogP contribution in [0.1, 0.15) is 43.7 Å². The van der Waals surface area contributed by atoms with Gasteiger partial charge in [-0.15, -0.1) is 0 Å². The van der Waals surface area contributed by atoms with Crippen LogP contribution in [-0.2, 0) is 42.0 Å². The molecule has 2 fully saturated rings. The number of fused-ring (bicyclic) bond motifs is 1. The number of para-hydroxylation sites is 1. The highest BCUT2D eigenvalue weighted by atomic mass is 16.6. The molecule has 1 atom stereocenters. The minimum absolute atomic E-state index is 0.220. The van der Waals surface area contributed by atoms with Gasteiger partial charge in [0.05, 0.1) is 57.3 Å². The summed E-state index contributed by atoms with van der Waals surface area (Å²) < 4.78 is 25.6. The number of hydrogen-bond donors (Lipinski definition) is 2. The molecule has 12 nitrogen and oxygen atoms in total. The van der Waals surface area contributed by atoms with Crippen LogP contribution < -0.4 is 16.7 Å². The van der Waals surface area contributed by atoms with Crippen molar-refractivity contribution < 1.29 is 28.5 Å². The molecule has 12 heteroatoms. The lowest BCUT2D eigenvalue weighted by atomic mass is 10.0. The van der Waals surface area contributed by atoms with Gasteiger partial charge in [0.2, 0.25) is 11.8 Å². The molecule has 2 amide bonds. The average Bonchev–Trinajstić information content (AvgIpc) is 3.22. The van der Waals surface area contributed by atoms with E-state index in [0.717, 1.165) is 63.0 Å². The molecule has 0 spiro atoms. The zero-order valence-electron chi connectivity index (χ0n) is 24.2. The van der Waals surface area contributed by atoms with Crippen molar-refractivity contribution in [1.29, 1.82) is 0 Å². The van der Waals surface area contributed by atoms with Crippen LogP contribution in [0.15, 0.2) is 23.0 Å². The molecule has 2 aliphatic rings. The highest BCUT2D eigenvalue weighted by Gasteiger charge is 2.31. The lowest BCUT2D eigenvalue weighted by Crippen LogP contribution is -2.44. The molecular weight excluding hydrogens is 530 g/mol. The van der Waals surface area contributed by atoms with E-state index in [1.54, 1.807) is 11.6 Å². The molecule has 1 unspecified atom stereocenters. The minimum Gasteiger partial charge on any atom is -0.379 e. The number of aromatic nitrogens is 2. The number of aryl methyl sites for hydroxylation is 2. The van der Waals surface area contributed by atoms with E-state index in [9.17, 15) is 14.4 Å². The molecule has 1 aromatic heterocycles. The summed E-state index contributed by atoms with van der Waals surface area (Å²) in [6.07, 6.45) is 4.19. The number of hydrogen-bond acceptors (Lipinski definition) is 9. The Hall–Kier alpha value is -2.61. The van der Waals surface area contributed by atoms with Crippen molar-refractivity contribution >= 4 is 22.8 Å². The molecule has 41 heavy (non-hydrogen) atoms. The Kier molecular flexibility index (Phi) is 12.3. The standard InChI is InChI=1S/C29H45N5O7/c1-32-27-22(4-2-6-24(27)34(29(32)37)25-7-8-26(35)31-28(25)36)5-3-14-38-16-18-40-20-21-41-19-17-39-15-13-33-11-9-23(30)10-12-33/h2,4,6,23,25H,3,5,7-21,30H2,1H3,(H,31,35,36). The minimum atomic E-state index is -0.684. The van der Waals surface area contributed by atoms with Crippen LogP contribution in [0.4, 0.5) is 0 Å². The number of rotatable bonds is 17. The van der Waals surface area contributed by atoms with Crippen LogP contribution in [0.2, 0.25) is 0 Å². The number of benzene rings is 1. The summed E-state index contributed by atoms with van der Waals surface area (Å²) in [6.45, 7) is 7.52. The number of imidazole rings is 1. The first-order chi connectivity index (χ1) is 20.0. The van der Waals surface area contributed by atoms with Crippen LogP contribution in [0.25, 0.3) is 11.0 Å². The first-order valence-electron chi connectivity index (χ1n) is 14.8. The quantitative estimate of drug-likeness (QED) is 0.207. The lowest BCUT2D eigenvalue weighted by molar-refractivity contribution is -0.135. The van der Waals surface area contributed by atoms with Crippen molar-refractivity contribution in [2.24, 2.45) is 12.8 Å². The summed E-state index contributed by atoms with van der Waals surface area (Å²) >= 11 is 0. The summed E-state index contributed by atoms with van der Waals surface area (Å²) in [6, 6.07) is 5.41. The van der Waals surface area contributed by atoms with E-state index in [1.807, 2.05) is 18.2 Å². The van der Waals surface area contributed by atoms with Crippen molar-refractivity contribution in [3.63, 3.8) is 0 Å². The molecule has 0 radical (unpaired) electrons. The van der Waals surface area contributed by atoms with E-state index in [2.05, 4.69) is 10.2 Å². The molecule has 2 aromatic rings. The van der Waals surface area contributed by atoms with Crippen molar-refractivity contribution in [1.82, 2.24) is 19.4 Å². The fourth-order valence-corrected chi connectivity index (χ4v) is 5.45. The second-order valence-corrected chi connectivity index (χ2v) is 10.7. The maximum atomic E-state index is 13.0. The molecule has 4 rings (SSSR count). The van der Waals surface area contributed by atoms with Crippen LogP contribution in [0.3, 0.4) is 0 Å². The Bertz CT molecular complexity index is 1190. The predicted octanol–water partition coefficient (Wildman–Crippen LogP) is 0.740. The van der Waals surface area contributed by atoms with Gasteiger partial charge in [-0.1, -0.05) is 12.1 Å². The fraction of sp³-hybridized carbons (Fsp3) is 0.690. The maximum Gasteiger partial charge on any atom is 0.329 e. The number of nitrogens with one attached hydrogen (secondary N) is 1. The molecule has 2 saturated heterocycles.